The van der Waals surface area contributed by atoms with Crippen LogP contribution in [-0.2, 0) is 4.74 Å². The van der Waals surface area contributed by atoms with Crippen molar-refractivity contribution in [1.82, 2.24) is 5.43 Å². The standard InChI is InChI=1S/C15H24Cl2N2O/c1-4-9-20-10-5-8-15(2,3)19-18-12-6-7-13(16)14(17)11-12/h6-7,11,18-19H,4-5,8-10H2,1-3H3. The van der Waals surface area contributed by atoms with Crippen LogP contribution in [0, 0.1) is 0 Å². The molecular formula is C15H24Cl2N2O. The van der Waals surface area contributed by atoms with Crippen molar-refractivity contribution >= 4 is 28.9 Å². The molecule has 0 fully saturated rings. The molecule has 1 aromatic carbocycles. The number of hydrazine groups is 1. The van der Waals surface area contributed by atoms with E-state index < -0.39 is 0 Å². The Morgan fingerprint density at radius 2 is 1.90 bits per heavy atom. The van der Waals surface area contributed by atoms with E-state index in [0.717, 1.165) is 38.2 Å². The van der Waals surface area contributed by atoms with Gasteiger partial charge in [-0.05, 0) is 51.3 Å². The Balaban J connectivity index is 2.32. The lowest BCUT2D eigenvalue weighted by Gasteiger charge is -2.27. The van der Waals surface area contributed by atoms with Crippen molar-refractivity contribution in [2.45, 2.75) is 45.6 Å². The molecule has 0 spiro atoms. The summed E-state index contributed by atoms with van der Waals surface area (Å²) in [5.74, 6) is 0. The van der Waals surface area contributed by atoms with Crippen LogP contribution in [0.25, 0.3) is 0 Å². The van der Waals surface area contributed by atoms with Crippen LogP contribution in [-0.4, -0.2) is 18.8 Å². The largest absolute Gasteiger partial charge is 0.381 e. The van der Waals surface area contributed by atoms with E-state index in [1.165, 1.54) is 0 Å². The first-order chi connectivity index (χ1) is 9.44. The number of benzene rings is 1. The first-order valence-electron chi connectivity index (χ1n) is 7.00. The molecule has 0 radical (unpaired) electrons. The summed E-state index contributed by atoms with van der Waals surface area (Å²) in [4.78, 5) is 0. The monoisotopic (exact) mass is 318 g/mol. The zero-order chi connectivity index (χ0) is 15.0. The molecular weight excluding hydrogens is 295 g/mol. The van der Waals surface area contributed by atoms with Crippen LogP contribution < -0.4 is 10.9 Å². The quantitative estimate of drug-likeness (QED) is 0.502. The molecule has 20 heavy (non-hydrogen) atoms. The molecule has 0 unspecified atom stereocenters. The molecule has 0 heterocycles. The highest BCUT2D eigenvalue weighted by Gasteiger charge is 2.16. The first-order valence-corrected chi connectivity index (χ1v) is 7.76. The van der Waals surface area contributed by atoms with E-state index in [1.807, 2.05) is 6.07 Å². The highest BCUT2D eigenvalue weighted by Crippen LogP contribution is 2.25. The lowest BCUT2D eigenvalue weighted by atomic mass is 10.00. The van der Waals surface area contributed by atoms with Crippen LogP contribution in [0.4, 0.5) is 5.69 Å². The Morgan fingerprint density at radius 3 is 2.55 bits per heavy atom. The minimum Gasteiger partial charge on any atom is -0.381 e. The molecule has 0 saturated carbocycles. The fourth-order valence-electron chi connectivity index (χ4n) is 1.74. The number of nitrogens with one attached hydrogen (secondary N) is 2. The molecule has 0 aromatic heterocycles. The van der Waals surface area contributed by atoms with Crippen LogP contribution in [0.1, 0.15) is 40.0 Å². The Kier molecular flexibility index (Phi) is 7.67. The smallest absolute Gasteiger partial charge is 0.0613 e. The van der Waals surface area contributed by atoms with Gasteiger partial charge < -0.3 is 10.2 Å². The minimum atomic E-state index is -0.0261. The van der Waals surface area contributed by atoms with Gasteiger partial charge in [-0.25, -0.2) is 5.43 Å². The Labute approximate surface area is 132 Å². The summed E-state index contributed by atoms with van der Waals surface area (Å²) >= 11 is 11.9. The van der Waals surface area contributed by atoms with E-state index in [-0.39, 0.29) is 5.54 Å². The molecule has 0 amide bonds. The molecule has 114 valence electrons. The summed E-state index contributed by atoms with van der Waals surface area (Å²) < 4.78 is 5.49. The van der Waals surface area contributed by atoms with Gasteiger partial charge in [-0.2, -0.15) is 0 Å². The Hall–Kier alpha value is -0.480. The van der Waals surface area contributed by atoms with Gasteiger partial charge >= 0.3 is 0 Å². The fraction of sp³-hybridized carbons (Fsp3) is 0.600. The SMILES string of the molecule is CCCOCCCC(C)(C)NNc1ccc(Cl)c(Cl)c1. The molecule has 0 aliphatic heterocycles. The summed E-state index contributed by atoms with van der Waals surface area (Å²) in [6.45, 7) is 8.07. The number of hydrogen-bond donors (Lipinski definition) is 2. The number of rotatable bonds is 9. The molecule has 1 rings (SSSR count). The average molecular weight is 319 g/mol. The maximum Gasteiger partial charge on any atom is 0.0613 e. The van der Waals surface area contributed by atoms with Crippen molar-refractivity contribution in [3.05, 3.63) is 28.2 Å². The lowest BCUT2D eigenvalue weighted by molar-refractivity contribution is 0.125. The number of hydrogen-bond acceptors (Lipinski definition) is 3. The van der Waals surface area contributed by atoms with Crippen molar-refractivity contribution in [2.75, 3.05) is 18.6 Å². The van der Waals surface area contributed by atoms with Gasteiger partial charge in [0, 0.05) is 18.8 Å². The van der Waals surface area contributed by atoms with Crippen LogP contribution in [0.15, 0.2) is 18.2 Å². The highest BCUT2D eigenvalue weighted by atomic mass is 35.5. The second kappa shape index (κ2) is 8.73. The molecule has 1 aromatic rings. The molecule has 0 bridgehead atoms. The predicted octanol–water partition coefficient (Wildman–Crippen LogP) is 4.90. The van der Waals surface area contributed by atoms with Gasteiger partial charge in [-0.1, -0.05) is 30.1 Å². The molecule has 5 heteroatoms. The third-order valence-corrected chi connectivity index (χ3v) is 3.64. The van der Waals surface area contributed by atoms with Crippen LogP contribution in [0.5, 0.6) is 0 Å². The summed E-state index contributed by atoms with van der Waals surface area (Å²) in [5.41, 5.74) is 7.35. The second-order valence-electron chi connectivity index (χ2n) is 5.48. The van der Waals surface area contributed by atoms with Crippen molar-refractivity contribution in [3.63, 3.8) is 0 Å². The van der Waals surface area contributed by atoms with Gasteiger partial charge in [0.1, 0.15) is 0 Å². The zero-order valence-electron chi connectivity index (χ0n) is 12.4. The van der Waals surface area contributed by atoms with E-state index in [9.17, 15) is 0 Å². The third-order valence-electron chi connectivity index (χ3n) is 2.90. The summed E-state index contributed by atoms with van der Waals surface area (Å²) in [5, 5.41) is 1.11. The maximum absolute atomic E-state index is 5.98. The van der Waals surface area contributed by atoms with Gasteiger partial charge in [0.25, 0.3) is 0 Å². The Bertz CT molecular complexity index is 411. The van der Waals surface area contributed by atoms with Crippen LogP contribution in [0.3, 0.4) is 0 Å². The van der Waals surface area contributed by atoms with Crippen molar-refractivity contribution in [1.29, 1.82) is 0 Å². The number of ether oxygens (including phenoxy) is 1. The summed E-state index contributed by atoms with van der Waals surface area (Å²) in [7, 11) is 0. The number of anilines is 1. The fourth-order valence-corrected chi connectivity index (χ4v) is 2.04. The topological polar surface area (TPSA) is 33.3 Å². The maximum atomic E-state index is 5.98. The summed E-state index contributed by atoms with van der Waals surface area (Å²) in [6.07, 6.45) is 3.12. The highest BCUT2D eigenvalue weighted by molar-refractivity contribution is 6.42. The van der Waals surface area contributed by atoms with Gasteiger partial charge in [0.15, 0.2) is 0 Å². The van der Waals surface area contributed by atoms with Crippen LogP contribution in [0.2, 0.25) is 10.0 Å². The molecule has 0 atom stereocenters. The number of halogens is 2. The van der Waals surface area contributed by atoms with E-state index >= 15 is 0 Å². The van der Waals surface area contributed by atoms with Crippen molar-refractivity contribution in [2.24, 2.45) is 0 Å². The van der Waals surface area contributed by atoms with E-state index in [0.29, 0.717) is 10.0 Å². The second-order valence-corrected chi connectivity index (χ2v) is 6.29. The van der Waals surface area contributed by atoms with Crippen LogP contribution >= 0.6 is 23.2 Å². The van der Waals surface area contributed by atoms with Gasteiger partial charge in [0.05, 0.1) is 15.7 Å². The Morgan fingerprint density at radius 1 is 1.15 bits per heavy atom. The first kappa shape index (κ1) is 17.6. The van der Waals surface area contributed by atoms with E-state index in [2.05, 4.69) is 31.6 Å². The van der Waals surface area contributed by atoms with E-state index in [1.54, 1.807) is 12.1 Å². The molecule has 0 aliphatic rings. The average Bonchev–Trinajstić information content (AvgIpc) is 2.40. The molecule has 2 N–H and O–H groups in total. The zero-order valence-corrected chi connectivity index (χ0v) is 13.9. The predicted molar refractivity (Wildman–Crippen MR) is 87.6 cm³/mol. The van der Waals surface area contributed by atoms with Gasteiger partial charge in [-0.3, -0.25) is 0 Å². The van der Waals surface area contributed by atoms with Gasteiger partial charge in [-0.15, -0.1) is 0 Å². The minimum absolute atomic E-state index is 0.0261. The normalized spacial score (nSPS) is 11.7. The molecule has 3 nitrogen and oxygen atoms in total. The van der Waals surface area contributed by atoms with Crippen molar-refractivity contribution < 1.29 is 4.74 Å². The lowest BCUT2D eigenvalue weighted by Crippen LogP contribution is -2.43. The molecule has 0 aliphatic carbocycles. The van der Waals surface area contributed by atoms with Gasteiger partial charge in [0.2, 0.25) is 0 Å². The molecule has 0 saturated heterocycles. The third kappa shape index (κ3) is 6.80. The summed E-state index contributed by atoms with van der Waals surface area (Å²) in [6, 6.07) is 5.47. The van der Waals surface area contributed by atoms with E-state index in [4.69, 9.17) is 27.9 Å². The van der Waals surface area contributed by atoms with Crippen molar-refractivity contribution in [3.8, 4) is 0 Å².